The summed E-state index contributed by atoms with van der Waals surface area (Å²) in [6.07, 6.45) is 1.47. The van der Waals surface area contributed by atoms with Gasteiger partial charge in [0.25, 0.3) is 0 Å². The SMILES string of the molecule is CCCOCCOCCC(=O)N(C)CCN(C)C. The van der Waals surface area contributed by atoms with Crippen molar-refractivity contribution in [2.75, 3.05) is 60.7 Å². The van der Waals surface area contributed by atoms with E-state index in [1.807, 2.05) is 21.1 Å². The van der Waals surface area contributed by atoms with Gasteiger partial charge in [-0.15, -0.1) is 0 Å². The molecule has 0 spiro atoms. The normalized spacial score (nSPS) is 10.9. The number of rotatable bonds is 11. The lowest BCUT2D eigenvalue weighted by molar-refractivity contribution is -0.131. The van der Waals surface area contributed by atoms with Crippen molar-refractivity contribution < 1.29 is 14.3 Å². The van der Waals surface area contributed by atoms with Crippen LogP contribution in [-0.2, 0) is 14.3 Å². The predicted octanol–water partition coefficient (Wildman–Crippen LogP) is 0.840. The van der Waals surface area contributed by atoms with Gasteiger partial charge in [0, 0.05) is 26.7 Å². The highest BCUT2D eigenvalue weighted by Gasteiger charge is 2.08. The van der Waals surface area contributed by atoms with Crippen LogP contribution in [0.15, 0.2) is 0 Å². The molecule has 0 unspecified atom stereocenters. The Balaban J connectivity index is 3.40. The van der Waals surface area contributed by atoms with E-state index >= 15 is 0 Å². The first-order chi connectivity index (χ1) is 8.57. The Kier molecular flexibility index (Phi) is 11.0. The number of carbonyl (C=O) groups excluding carboxylic acids is 1. The van der Waals surface area contributed by atoms with E-state index < -0.39 is 0 Å². The molecule has 0 saturated carbocycles. The minimum atomic E-state index is 0.131. The lowest BCUT2D eigenvalue weighted by Crippen LogP contribution is -2.34. The van der Waals surface area contributed by atoms with Gasteiger partial charge in [0.1, 0.15) is 0 Å². The van der Waals surface area contributed by atoms with Crippen LogP contribution in [0.3, 0.4) is 0 Å². The molecule has 0 fully saturated rings. The molecular formula is C13H28N2O3. The summed E-state index contributed by atoms with van der Waals surface area (Å²) >= 11 is 0. The highest BCUT2D eigenvalue weighted by molar-refractivity contribution is 5.75. The first-order valence-corrected chi connectivity index (χ1v) is 6.62. The molecule has 0 aromatic heterocycles. The van der Waals surface area contributed by atoms with Gasteiger partial charge in [-0.2, -0.15) is 0 Å². The van der Waals surface area contributed by atoms with Crippen LogP contribution in [0.1, 0.15) is 19.8 Å². The maximum absolute atomic E-state index is 11.7. The maximum Gasteiger partial charge on any atom is 0.224 e. The molecule has 0 aromatic carbocycles. The molecule has 18 heavy (non-hydrogen) atoms. The Morgan fingerprint density at radius 3 is 2.11 bits per heavy atom. The van der Waals surface area contributed by atoms with Crippen LogP contribution >= 0.6 is 0 Å². The van der Waals surface area contributed by atoms with Gasteiger partial charge in [-0.3, -0.25) is 4.79 Å². The van der Waals surface area contributed by atoms with Gasteiger partial charge < -0.3 is 19.3 Å². The summed E-state index contributed by atoms with van der Waals surface area (Å²) in [5.74, 6) is 0.131. The van der Waals surface area contributed by atoms with Crippen molar-refractivity contribution in [3.8, 4) is 0 Å². The number of nitrogens with zero attached hydrogens (tertiary/aromatic N) is 2. The van der Waals surface area contributed by atoms with E-state index in [4.69, 9.17) is 9.47 Å². The zero-order valence-electron chi connectivity index (χ0n) is 12.3. The molecule has 108 valence electrons. The van der Waals surface area contributed by atoms with Crippen molar-refractivity contribution in [2.45, 2.75) is 19.8 Å². The maximum atomic E-state index is 11.7. The minimum Gasteiger partial charge on any atom is -0.379 e. The summed E-state index contributed by atoms with van der Waals surface area (Å²) in [5.41, 5.74) is 0. The lowest BCUT2D eigenvalue weighted by Gasteiger charge is -2.19. The van der Waals surface area contributed by atoms with E-state index in [1.54, 1.807) is 4.90 Å². The highest BCUT2D eigenvalue weighted by atomic mass is 16.5. The van der Waals surface area contributed by atoms with Gasteiger partial charge >= 0.3 is 0 Å². The summed E-state index contributed by atoms with van der Waals surface area (Å²) in [7, 11) is 5.83. The Morgan fingerprint density at radius 1 is 0.944 bits per heavy atom. The van der Waals surface area contributed by atoms with Gasteiger partial charge in [-0.05, 0) is 20.5 Å². The monoisotopic (exact) mass is 260 g/mol. The van der Waals surface area contributed by atoms with Crippen molar-refractivity contribution in [1.29, 1.82) is 0 Å². The van der Waals surface area contributed by atoms with Gasteiger partial charge in [-0.25, -0.2) is 0 Å². The number of carbonyl (C=O) groups is 1. The Hall–Kier alpha value is -0.650. The number of hydrogen-bond donors (Lipinski definition) is 0. The van der Waals surface area contributed by atoms with Crippen LogP contribution in [0.25, 0.3) is 0 Å². The fraction of sp³-hybridized carbons (Fsp3) is 0.923. The van der Waals surface area contributed by atoms with Crippen LogP contribution in [0.2, 0.25) is 0 Å². The van der Waals surface area contributed by atoms with E-state index in [0.29, 0.717) is 26.2 Å². The van der Waals surface area contributed by atoms with E-state index in [1.165, 1.54) is 0 Å². The molecule has 0 radical (unpaired) electrons. The lowest BCUT2D eigenvalue weighted by atomic mass is 10.4. The quantitative estimate of drug-likeness (QED) is 0.516. The number of hydrogen-bond acceptors (Lipinski definition) is 4. The first kappa shape index (κ1) is 17.4. The summed E-state index contributed by atoms with van der Waals surface area (Å²) in [6.45, 7) is 6.13. The minimum absolute atomic E-state index is 0.131. The van der Waals surface area contributed by atoms with Gasteiger partial charge in [0.05, 0.1) is 26.2 Å². The Morgan fingerprint density at radius 2 is 1.56 bits per heavy atom. The molecule has 0 rings (SSSR count). The van der Waals surface area contributed by atoms with Crippen molar-refractivity contribution in [3.05, 3.63) is 0 Å². The molecule has 0 aliphatic heterocycles. The molecule has 0 heterocycles. The molecule has 0 bridgehead atoms. The van der Waals surface area contributed by atoms with Gasteiger partial charge in [-0.1, -0.05) is 6.92 Å². The summed E-state index contributed by atoms with van der Waals surface area (Å²) in [6, 6.07) is 0. The smallest absolute Gasteiger partial charge is 0.224 e. The Bertz CT molecular complexity index is 210. The third-order valence-electron chi connectivity index (χ3n) is 2.49. The third-order valence-corrected chi connectivity index (χ3v) is 2.49. The van der Waals surface area contributed by atoms with E-state index in [2.05, 4.69) is 11.8 Å². The zero-order valence-corrected chi connectivity index (χ0v) is 12.3. The molecule has 0 aliphatic carbocycles. The van der Waals surface area contributed by atoms with Crippen molar-refractivity contribution in [2.24, 2.45) is 0 Å². The van der Waals surface area contributed by atoms with Crippen LogP contribution in [-0.4, -0.2) is 76.4 Å². The van der Waals surface area contributed by atoms with Crippen LogP contribution < -0.4 is 0 Å². The molecule has 0 N–H and O–H groups in total. The second-order valence-electron chi connectivity index (χ2n) is 4.59. The number of likely N-dealkylation sites (N-methyl/N-ethyl adjacent to an activating group) is 2. The van der Waals surface area contributed by atoms with E-state index in [9.17, 15) is 4.79 Å². The second-order valence-corrected chi connectivity index (χ2v) is 4.59. The van der Waals surface area contributed by atoms with Gasteiger partial charge in [0.2, 0.25) is 5.91 Å². The van der Waals surface area contributed by atoms with Crippen LogP contribution in [0.4, 0.5) is 0 Å². The van der Waals surface area contributed by atoms with E-state index in [0.717, 1.165) is 26.1 Å². The molecule has 5 nitrogen and oxygen atoms in total. The van der Waals surface area contributed by atoms with Crippen molar-refractivity contribution in [1.82, 2.24) is 9.80 Å². The molecule has 0 atom stereocenters. The molecule has 0 aromatic rings. The second kappa shape index (κ2) is 11.4. The summed E-state index contributed by atoms with van der Waals surface area (Å²) in [5, 5.41) is 0. The zero-order chi connectivity index (χ0) is 13.8. The fourth-order valence-corrected chi connectivity index (χ4v) is 1.29. The summed E-state index contributed by atoms with van der Waals surface area (Å²) in [4.78, 5) is 15.5. The number of amides is 1. The highest BCUT2D eigenvalue weighted by Crippen LogP contribution is 1.93. The summed E-state index contributed by atoms with van der Waals surface area (Å²) < 4.78 is 10.6. The Labute approximate surface area is 111 Å². The van der Waals surface area contributed by atoms with Crippen molar-refractivity contribution >= 4 is 5.91 Å². The van der Waals surface area contributed by atoms with Gasteiger partial charge in [0.15, 0.2) is 0 Å². The van der Waals surface area contributed by atoms with Crippen LogP contribution in [0.5, 0.6) is 0 Å². The van der Waals surface area contributed by atoms with Crippen LogP contribution in [0, 0.1) is 0 Å². The fourth-order valence-electron chi connectivity index (χ4n) is 1.29. The average molecular weight is 260 g/mol. The molecule has 1 amide bonds. The first-order valence-electron chi connectivity index (χ1n) is 6.62. The van der Waals surface area contributed by atoms with Crippen molar-refractivity contribution in [3.63, 3.8) is 0 Å². The third kappa shape index (κ3) is 10.5. The predicted molar refractivity (Wildman–Crippen MR) is 72.7 cm³/mol. The standard InChI is InChI=1S/C13H28N2O3/c1-5-9-17-11-12-18-10-6-13(16)15(4)8-7-14(2)3/h5-12H2,1-4H3. The number of ether oxygens (including phenoxy) is 2. The average Bonchev–Trinajstić information content (AvgIpc) is 2.34. The molecule has 0 saturated heterocycles. The molecule has 5 heteroatoms. The molecular weight excluding hydrogens is 232 g/mol. The molecule has 0 aliphatic rings. The van der Waals surface area contributed by atoms with E-state index in [-0.39, 0.29) is 5.91 Å². The topological polar surface area (TPSA) is 42.0 Å². The largest absolute Gasteiger partial charge is 0.379 e.